The van der Waals surface area contributed by atoms with Gasteiger partial charge in [0.25, 0.3) is 0 Å². The van der Waals surface area contributed by atoms with Crippen molar-refractivity contribution in [3.63, 3.8) is 0 Å². The highest BCUT2D eigenvalue weighted by atomic mass is 16.3. The van der Waals surface area contributed by atoms with Crippen molar-refractivity contribution in [2.75, 3.05) is 6.61 Å². The highest BCUT2D eigenvalue weighted by Crippen LogP contribution is 2.39. The van der Waals surface area contributed by atoms with Gasteiger partial charge in [-0.15, -0.1) is 0 Å². The van der Waals surface area contributed by atoms with Gasteiger partial charge in [0.2, 0.25) is 0 Å². The monoisotopic (exact) mass is 342 g/mol. The SMILES string of the molecule is CC(CO)(NC(=O)NCc1nccn1CCc1ccccc1)C1CC1. The number of aromatic nitrogens is 2. The van der Waals surface area contributed by atoms with E-state index in [0.29, 0.717) is 12.5 Å². The van der Waals surface area contributed by atoms with Crippen LogP contribution in [-0.4, -0.2) is 32.8 Å². The molecule has 1 heterocycles. The third-order valence-electron chi connectivity index (χ3n) is 4.90. The Morgan fingerprint density at radius 1 is 1.36 bits per heavy atom. The number of aliphatic hydroxyl groups is 1. The number of nitrogens with zero attached hydrogens (tertiary/aromatic N) is 2. The fourth-order valence-electron chi connectivity index (χ4n) is 3.06. The van der Waals surface area contributed by atoms with Crippen LogP contribution in [0.1, 0.15) is 31.2 Å². The summed E-state index contributed by atoms with van der Waals surface area (Å²) in [6.45, 7) is 3.03. The standard InChI is InChI=1S/C19H26N4O2/c1-19(14-24,16-7-8-16)22-18(25)21-13-17-20-10-12-23(17)11-9-15-5-3-2-4-6-15/h2-6,10,12,16,24H,7-9,11,13-14H2,1H3,(H2,21,22,25). The molecule has 0 radical (unpaired) electrons. The lowest BCUT2D eigenvalue weighted by molar-refractivity contribution is 0.155. The number of carbonyl (C=O) groups is 1. The number of carbonyl (C=O) groups excluding carboxylic acids is 1. The van der Waals surface area contributed by atoms with Gasteiger partial charge in [-0.05, 0) is 37.7 Å². The molecule has 1 aliphatic rings. The Labute approximate surface area is 148 Å². The van der Waals surface area contributed by atoms with Gasteiger partial charge in [-0.25, -0.2) is 9.78 Å². The number of benzene rings is 1. The summed E-state index contributed by atoms with van der Waals surface area (Å²) in [5.41, 5.74) is 0.739. The number of hydrogen-bond donors (Lipinski definition) is 3. The quantitative estimate of drug-likeness (QED) is 0.687. The van der Waals surface area contributed by atoms with Gasteiger partial charge in [0.1, 0.15) is 5.82 Å². The summed E-state index contributed by atoms with van der Waals surface area (Å²) in [6, 6.07) is 10.0. The molecule has 1 aromatic carbocycles. The molecule has 6 heteroatoms. The van der Waals surface area contributed by atoms with Crippen LogP contribution < -0.4 is 10.6 Å². The van der Waals surface area contributed by atoms with Crippen molar-refractivity contribution in [3.8, 4) is 0 Å². The predicted octanol–water partition coefficient (Wildman–Crippen LogP) is 2.09. The topological polar surface area (TPSA) is 79.2 Å². The number of hydrogen-bond acceptors (Lipinski definition) is 3. The maximum atomic E-state index is 12.2. The molecule has 25 heavy (non-hydrogen) atoms. The Kier molecular flexibility index (Phi) is 5.38. The minimum atomic E-state index is -0.535. The summed E-state index contributed by atoms with van der Waals surface area (Å²) in [4.78, 5) is 16.5. The van der Waals surface area contributed by atoms with Crippen LogP contribution in [0.5, 0.6) is 0 Å². The van der Waals surface area contributed by atoms with Gasteiger partial charge in [-0.1, -0.05) is 30.3 Å². The molecular weight excluding hydrogens is 316 g/mol. The molecule has 2 amide bonds. The van der Waals surface area contributed by atoms with E-state index < -0.39 is 5.54 Å². The zero-order valence-corrected chi connectivity index (χ0v) is 14.6. The summed E-state index contributed by atoms with van der Waals surface area (Å²) in [6.07, 6.45) is 6.71. The Bertz CT molecular complexity index is 696. The van der Waals surface area contributed by atoms with Crippen LogP contribution in [0.15, 0.2) is 42.7 Å². The van der Waals surface area contributed by atoms with Crippen molar-refractivity contribution in [3.05, 3.63) is 54.1 Å². The smallest absolute Gasteiger partial charge is 0.315 e. The van der Waals surface area contributed by atoms with Gasteiger partial charge in [0, 0.05) is 18.9 Å². The van der Waals surface area contributed by atoms with Crippen LogP contribution in [0.2, 0.25) is 0 Å². The van der Waals surface area contributed by atoms with Crippen molar-refractivity contribution >= 4 is 6.03 Å². The first-order valence-electron chi connectivity index (χ1n) is 8.81. The van der Waals surface area contributed by atoms with Gasteiger partial charge in [-0.2, -0.15) is 0 Å². The number of amides is 2. The molecule has 1 aromatic heterocycles. The van der Waals surface area contributed by atoms with E-state index in [4.69, 9.17) is 0 Å². The zero-order chi connectivity index (χ0) is 17.7. The first-order chi connectivity index (χ1) is 12.1. The van der Waals surface area contributed by atoms with E-state index in [1.807, 2.05) is 31.3 Å². The van der Waals surface area contributed by atoms with Gasteiger partial charge < -0.3 is 20.3 Å². The lowest BCUT2D eigenvalue weighted by Crippen LogP contribution is -2.54. The highest BCUT2D eigenvalue weighted by molar-refractivity contribution is 5.74. The third-order valence-corrected chi connectivity index (χ3v) is 4.90. The molecule has 1 aliphatic carbocycles. The molecule has 134 valence electrons. The molecule has 1 atom stereocenters. The van der Waals surface area contributed by atoms with Crippen LogP contribution in [0.4, 0.5) is 4.79 Å². The van der Waals surface area contributed by atoms with Crippen molar-refractivity contribution in [2.24, 2.45) is 5.92 Å². The zero-order valence-electron chi connectivity index (χ0n) is 14.6. The maximum absolute atomic E-state index is 12.2. The molecule has 0 aliphatic heterocycles. The Morgan fingerprint density at radius 2 is 2.12 bits per heavy atom. The second-order valence-electron chi connectivity index (χ2n) is 6.93. The summed E-state index contributed by atoms with van der Waals surface area (Å²) in [5, 5.41) is 15.3. The van der Waals surface area contributed by atoms with E-state index in [2.05, 4.69) is 32.3 Å². The number of rotatable bonds is 8. The van der Waals surface area contributed by atoms with E-state index >= 15 is 0 Å². The summed E-state index contributed by atoms with van der Waals surface area (Å²) >= 11 is 0. The molecule has 0 saturated heterocycles. The lowest BCUT2D eigenvalue weighted by Gasteiger charge is -2.28. The van der Waals surface area contributed by atoms with Crippen LogP contribution in [0, 0.1) is 5.92 Å². The third kappa shape index (κ3) is 4.60. The molecular formula is C19H26N4O2. The van der Waals surface area contributed by atoms with Crippen LogP contribution in [0.25, 0.3) is 0 Å². The molecule has 1 fully saturated rings. The average molecular weight is 342 g/mol. The maximum Gasteiger partial charge on any atom is 0.315 e. The second kappa shape index (κ2) is 7.70. The summed E-state index contributed by atoms with van der Waals surface area (Å²) < 4.78 is 2.05. The van der Waals surface area contributed by atoms with Crippen molar-refractivity contribution < 1.29 is 9.90 Å². The van der Waals surface area contributed by atoms with E-state index in [0.717, 1.165) is 31.6 Å². The van der Waals surface area contributed by atoms with Gasteiger partial charge in [-0.3, -0.25) is 0 Å². The van der Waals surface area contributed by atoms with Gasteiger partial charge in [0.05, 0.1) is 18.7 Å². The predicted molar refractivity (Wildman–Crippen MR) is 96.0 cm³/mol. The van der Waals surface area contributed by atoms with Crippen molar-refractivity contribution in [2.45, 2.75) is 44.8 Å². The van der Waals surface area contributed by atoms with E-state index in [1.165, 1.54) is 5.56 Å². The van der Waals surface area contributed by atoms with Crippen molar-refractivity contribution in [1.82, 2.24) is 20.2 Å². The van der Waals surface area contributed by atoms with Crippen LogP contribution >= 0.6 is 0 Å². The molecule has 3 rings (SSSR count). The average Bonchev–Trinajstić information content (AvgIpc) is 3.40. The summed E-state index contributed by atoms with van der Waals surface area (Å²) in [5.74, 6) is 1.19. The molecule has 0 spiro atoms. The van der Waals surface area contributed by atoms with Crippen molar-refractivity contribution in [1.29, 1.82) is 0 Å². The second-order valence-corrected chi connectivity index (χ2v) is 6.93. The molecule has 3 N–H and O–H groups in total. The number of aliphatic hydroxyl groups excluding tert-OH is 1. The van der Waals surface area contributed by atoms with E-state index in [9.17, 15) is 9.90 Å². The summed E-state index contributed by atoms with van der Waals surface area (Å²) in [7, 11) is 0. The van der Waals surface area contributed by atoms with Gasteiger partial charge in [0.15, 0.2) is 0 Å². The number of aryl methyl sites for hydroxylation is 2. The normalized spacial score (nSPS) is 16.2. The fourth-order valence-corrected chi connectivity index (χ4v) is 3.06. The first-order valence-corrected chi connectivity index (χ1v) is 8.81. The Balaban J connectivity index is 1.50. The van der Waals surface area contributed by atoms with E-state index in [1.54, 1.807) is 6.20 Å². The first kappa shape index (κ1) is 17.5. The fraction of sp³-hybridized carbons (Fsp3) is 0.474. The molecule has 1 unspecified atom stereocenters. The van der Waals surface area contributed by atoms with Gasteiger partial charge >= 0.3 is 6.03 Å². The molecule has 1 saturated carbocycles. The van der Waals surface area contributed by atoms with Crippen LogP contribution in [0.3, 0.4) is 0 Å². The minimum Gasteiger partial charge on any atom is -0.394 e. The number of urea groups is 1. The van der Waals surface area contributed by atoms with E-state index in [-0.39, 0.29) is 12.6 Å². The Morgan fingerprint density at radius 3 is 2.80 bits per heavy atom. The molecule has 2 aromatic rings. The minimum absolute atomic E-state index is 0.0449. The highest BCUT2D eigenvalue weighted by Gasteiger charge is 2.42. The number of imidazole rings is 1. The number of nitrogens with one attached hydrogen (secondary N) is 2. The van der Waals surface area contributed by atoms with Crippen LogP contribution in [-0.2, 0) is 19.5 Å². The molecule has 0 bridgehead atoms. The molecule has 6 nitrogen and oxygen atoms in total. The lowest BCUT2D eigenvalue weighted by atomic mass is 9.97. The Hall–Kier alpha value is -2.34. The largest absolute Gasteiger partial charge is 0.394 e.